The SMILES string of the molecule is C=CCN(CCCCC)C(=O)C1N([C@H](C)CO)C(=O)[C@@H]2[C@@H](C(=O)O)[C@H]3CCC12S3. The summed E-state index contributed by atoms with van der Waals surface area (Å²) in [6.45, 7) is 8.31. The van der Waals surface area contributed by atoms with E-state index in [0.29, 0.717) is 25.9 Å². The minimum atomic E-state index is -0.960. The van der Waals surface area contributed by atoms with Crippen molar-refractivity contribution < 1.29 is 24.6 Å². The highest BCUT2D eigenvalue weighted by Crippen LogP contribution is 2.66. The molecule has 0 aromatic carbocycles. The van der Waals surface area contributed by atoms with Crippen LogP contribution in [0.15, 0.2) is 12.7 Å². The molecule has 3 aliphatic rings. The van der Waals surface area contributed by atoms with E-state index < -0.39 is 34.6 Å². The molecule has 1 spiro atoms. The summed E-state index contributed by atoms with van der Waals surface area (Å²) in [6.07, 6.45) is 5.96. The summed E-state index contributed by atoms with van der Waals surface area (Å²) in [5, 5.41) is 19.4. The molecule has 2 N–H and O–H groups in total. The molecule has 162 valence electrons. The standard InChI is InChI=1S/C21H32N2O5S/c1-4-6-7-11-22(10-5-2)19(26)17-21-9-8-14(29-21)15(20(27)28)16(21)18(25)23(17)13(3)12-24/h5,13-17,24H,2,4,6-12H2,1,3H3,(H,27,28)/t13-,14-,15+,16+,17?,21?/m1/s1. The van der Waals surface area contributed by atoms with Gasteiger partial charge in [0.2, 0.25) is 11.8 Å². The Hall–Kier alpha value is -1.54. The molecule has 3 rings (SSSR count). The van der Waals surface area contributed by atoms with Crippen LogP contribution in [0.5, 0.6) is 0 Å². The number of aliphatic carboxylic acids is 1. The summed E-state index contributed by atoms with van der Waals surface area (Å²) in [7, 11) is 0. The number of carboxylic acids is 1. The van der Waals surface area contributed by atoms with Crippen LogP contribution in [0, 0.1) is 11.8 Å². The van der Waals surface area contributed by atoms with Gasteiger partial charge in [0.25, 0.3) is 0 Å². The molecule has 0 aromatic heterocycles. The number of carbonyl (C=O) groups is 3. The van der Waals surface area contributed by atoms with Gasteiger partial charge in [-0.25, -0.2) is 0 Å². The fourth-order valence-corrected chi connectivity index (χ4v) is 7.58. The van der Waals surface area contributed by atoms with Gasteiger partial charge in [0.15, 0.2) is 0 Å². The molecular formula is C21H32N2O5S. The predicted molar refractivity (Wildman–Crippen MR) is 111 cm³/mol. The van der Waals surface area contributed by atoms with E-state index in [9.17, 15) is 24.6 Å². The van der Waals surface area contributed by atoms with Gasteiger partial charge in [-0.3, -0.25) is 14.4 Å². The maximum absolute atomic E-state index is 13.7. The average Bonchev–Trinajstić information content (AvgIpc) is 3.33. The van der Waals surface area contributed by atoms with Crippen LogP contribution in [0.3, 0.4) is 0 Å². The summed E-state index contributed by atoms with van der Waals surface area (Å²) in [5.74, 6) is -2.86. The van der Waals surface area contributed by atoms with Crippen LogP contribution in [-0.2, 0) is 14.4 Å². The lowest BCUT2D eigenvalue weighted by atomic mass is 9.71. The molecule has 2 unspecified atom stereocenters. The molecule has 0 aromatic rings. The maximum atomic E-state index is 13.7. The van der Waals surface area contributed by atoms with Gasteiger partial charge in [0.05, 0.1) is 29.2 Å². The van der Waals surface area contributed by atoms with Crippen LogP contribution < -0.4 is 0 Å². The Morgan fingerprint density at radius 2 is 2.17 bits per heavy atom. The Labute approximate surface area is 176 Å². The zero-order valence-corrected chi connectivity index (χ0v) is 18.1. The number of hydrogen-bond acceptors (Lipinski definition) is 5. The number of carboxylic acid groups (broad SMARTS) is 1. The second kappa shape index (κ2) is 8.68. The third kappa shape index (κ3) is 3.48. The van der Waals surface area contributed by atoms with Crippen molar-refractivity contribution in [3.63, 3.8) is 0 Å². The van der Waals surface area contributed by atoms with Crippen LogP contribution in [0.2, 0.25) is 0 Å². The van der Waals surface area contributed by atoms with E-state index in [4.69, 9.17) is 0 Å². The van der Waals surface area contributed by atoms with Gasteiger partial charge < -0.3 is 20.0 Å². The molecule has 3 heterocycles. The maximum Gasteiger partial charge on any atom is 0.308 e. The monoisotopic (exact) mass is 424 g/mol. The van der Waals surface area contributed by atoms with Crippen molar-refractivity contribution in [2.45, 2.75) is 68.0 Å². The summed E-state index contributed by atoms with van der Waals surface area (Å²) >= 11 is 1.52. The topological polar surface area (TPSA) is 98.2 Å². The minimum absolute atomic E-state index is 0.128. The number of aliphatic hydroxyl groups is 1. The van der Waals surface area contributed by atoms with Crippen LogP contribution in [0.4, 0.5) is 0 Å². The molecule has 0 radical (unpaired) electrons. The molecule has 3 aliphatic heterocycles. The van der Waals surface area contributed by atoms with Crippen molar-refractivity contribution in [3.8, 4) is 0 Å². The third-order valence-corrected chi connectivity index (χ3v) is 8.64. The number of carbonyl (C=O) groups excluding carboxylic acids is 2. The molecule has 29 heavy (non-hydrogen) atoms. The zero-order chi connectivity index (χ0) is 21.3. The zero-order valence-electron chi connectivity index (χ0n) is 17.2. The van der Waals surface area contributed by atoms with Crippen molar-refractivity contribution in [2.75, 3.05) is 19.7 Å². The molecular weight excluding hydrogens is 392 g/mol. The smallest absolute Gasteiger partial charge is 0.308 e. The number of nitrogens with zero attached hydrogens (tertiary/aromatic N) is 2. The van der Waals surface area contributed by atoms with E-state index in [1.807, 2.05) is 0 Å². The van der Waals surface area contributed by atoms with Gasteiger partial charge in [0.1, 0.15) is 6.04 Å². The Morgan fingerprint density at radius 1 is 1.45 bits per heavy atom. The minimum Gasteiger partial charge on any atom is -0.481 e. The van der Waals surface area contributed by atoms with E-state index in [-0.39, 0.29) is 23.7 Å². The lowest BCUT2D eigenvalue weighted by molar-refractivity contribution is -0.149. The summed E-state index contributed by atoms with van der Waals surface area (Å²) in [6, 6.07) is -1.27. The van der Waals surface area contributed by atoms with Crippen molar-refractivity contribution >= 4 is 29.5 Å². The molecule has 2 bridgehead atoms. The quantitative estimate of drug-likeness (QED) is 0.410. The molecule has 2 amide bonds. The first kappa shape index (κ1) is 22.2. The number of hydrogen-bond donors (Lipinski definition) is 2. The summed E-state index contributed by atoms with van der Waals surface area (Å²) in [5.41, 5.74) is 0. The molecule has 6 atom stereocenters. The largest absolute Gasteiger partial charge is 0.481 e. The lowest BCUT2D eigenvalue weighted by Crippen LogP contribution is -2.57. The van der Waals surface area contributed by atoms with Gasteiger partial charge in [-0.15, -0.1) is 18.3 Å². The van der Waals surface area contributed by atoms with Gasteiger partial charge in [-0.2, -0.15) is 0 Å². The van der Waals surface area contributed by atoms with Crippen molar-refractivity contribution in [1.29, 1.82) is 0 Å². The Kier molecular flexibility index (Phi) is 6.63. The van der Waals surface area contributed by atoms with E-state index >= 15 is 0 Å². The Bertz CT molecular complexity index is 686. The fourth-order valence-electron chi connectivity index (χ4n) is 5.39. The van der Waals surface area contributed by atoms with Crippen LogP contribution in [-0.4, -0.2) is 79.6 Å². The van der Waals surface area contributed by atoms with Crippen LogP contribution >= 0.6 is 11.8 Å². The van der Waals surface area contributed by atoms with Crippen molar-refractivity contribution in [3.05, 3.63) is 12.7 Å². The van der Waals surface area contributed by atoms with Crippen molar-refractivity contribution in [1.82, 2.24) is 9.80 Å². The number of unbranched alkanes of at least 4 members (excludes halogenated alkanes) is 2. The summed E-state index contributed by atoms with van der Waals surface area (Å²) in [4.78, 5) is 42.3. The van der Waals surface area contributed by atoms with Gasteiger partial charge in [0, 0.05) is 18.3 Å². The number of aliphatic hydroxyl groups excluding tert-OH is 1. The number of thioether (sulfide) groups is 1. The Balaban J connectivity index is 1.99. The molecule has 8 heteroatoms. The van der Waals surface area contributed by atoms with E-state index in [0.717, 1.165) is 19.3 Å². The summed E-state index contributed by atoms with van der Waals surface area (Å²) < 4.78 is -0.713. The van der Waals surface area contributed by atoms with Gasteiger partial charge in [-0.1, -0.05) is 25.8 Å². The van der Waals surface area contributed by atoms with Gasteiger partial charge in [-0.05, 0) is 26.2 Å². The number of rotatable bonds is 10. The highest BCUT2D eigenvalue weighted by Gasteiger charge is 2.74. The van der Waals surface area contributed by atoms with Crippen LogP contribution in [0.1, 0.15) is 46.0 Å². The van der Waals surface area contributed by atoms with E-state index in [1.165, 1.54) is 16.7 Å². The van der Waals surface area contributed by atoms with Gasteiger partial charge >= 0.3 is 5.97 Å². The normalized spacial score (nSPS) is 33.6. The van der Waals surface area contributed by atoms with Crippen molar-refractivity contribution in [2.24, 2.45) is 11.8 Å². The molecule has 7 nitrogen and oxygen atoms in total. The van der Waals surface area contributed by atoms with Crippen LogP contribution in [0.25, 0.3) is 0 Å². The number of likely N-dealkylation sites (tertiary alicyclic amines) is 1. The van der Waals surface area contributed by atoms with E-state index in [1.54, 1.807) is 17.9 Å². The second-order valence-electron chi connectivity index (χ2n) is 8.45. The average molecular weight is 425 g/mol. The fraction of sp³-hybridized carbons (Fsp3) is 0.762. The van der Waals surface area contributed by atoms with E-state index in [2.05, 4.69) is 13.5 Å². The number of amides is 2. The molecule has 3 saturated heterocycles. The first-order valence-corrected chi connectivity index (χ1v) is 11.4. The molecule has 0 saturated carbocycles. The Morgan fingerprint density at radius 3 is 2.76 bits per heavy atom. The number of fused-ring (bicyclic) bond motifs is 1. The highest BCUT2D eigenvalue weighted by molar-refractivity contribution is 8.02. The first-order chi connectivity index (χ1) is 13.8. The second-order valence-corrected chi connectivity index (χ2v) is 10.1. The molecule has 3 fully saturated rings. The predicted octanol–water partition coefficient (Wildman–Crippen LogP) is 1.75. The highest BCUT2D eigenvalue weighted by atomic mass is 32.2. The first-order valence-electron chi connectivity index (χ1n) is 10.6. The molecule has 0 aliphatic carbocycles. The lowest BCUT2D eigenvalue weighted by Gasteiger charge is -2.38. The third-order valence-electron chi connectivity index (χ3n) is 6.69.